The smallest absolute Gasteiger partial charge is 0.317 e. The van der Waals surface area contributed by atoms with Gasteiger partial charge in [0.2, 0.25) is 0 Å². The minimum atomic E-state index is 0.125. The van der Waals surface area contributed by atoms with E-state index in [0.29, 0.717) is 5.92 Å². The molecule has 0 aromatic carbocycles. The monoisotopic (exact) mass is 292 g/mol. The molecule has 4 nitrogen and oxygen atoms in total. The number of amides is 2. The predicted molar refractivity (Wildman–Crippen MR) is 80.8 cm³/mol. The summed E-state index contributed by atoms with van der Waals surface area (Å²) in [7, 11) is 0. The molecule has 2 N–H and O–H groups in total. The topological polar surface area (TPSA) is 52.6 Å². The van der Waals surface area contributed by atoms with Crippen molar-refractivity contribution in [3.8, 4) is 0 Å². The molecule has 4 saturated carbocycles. The summed E-state index contributed by atoms with van der Waals surface area (Å²) < 4.78 is 0. The van der Waals surface area contributed by atoms with E-state index in [1.54, 1.807) is 0 Å². The molecule has 4 bridgehead atoms. The molecule has 0 radical (unpaired) electrons. The summed E-state index contributed by atoms with van der Waals surface area (Å²) in [6, 6.07) is 0.160. The highest BCUT2D eigenvalue weighted by molar-refractivity contribution is 5.75. The fourth-order valence-electron chi connectivity index (χ4n) is 5.89. The van der Waals surface area contributed by atoms with E-state index in [1.807, 2.05) is 4.90 Å². The first kappa shape index (κ1) is 13.9. The zero-order chi connectivity index (χ0) is 14.4. The Morgan fingerprint density at radius 1 is 1.05 bits per heavy atom. The van der Waals surface area contributed by atoms with Crippen molar-refractivity contribution in [1.82, 2.24) is 10.2 Å². The van der Waals surface area contributed by atoms with Gasteiger partial charge in [-0.3, -0.25) is 0 Å². The van der Waals surface area contributed by atoms with Crippen LogP contribution in [0.4, 0.5) is 4.79 Å². The number of carbonyl (C=O) groups is 1. The highest BCUT2D eigenvalue weighted by Crippen LogP contribution is 2.55. The van der Waals surface area contributed by atoms with Gasteiger partial charge in [-0.05, 0) is 75.0 Å². The Hall–Kier alpha value is -0.770. The highest BCUT2D eigenvalue weighted by atomic mass is 16.3. The highest BCUT2D eigenvalue weighted by Gasteiger charge is 2.51. The summed E-state index contributed by atoms with van der Waals surface area (Å²) in [6.07, 6.45) is 9.80. The lowest BCUT2D eigenvalue weighted by atomic mass is 9.53. The van der Waals surface area contributed by atoms with Crippen molar-refractivity contribution < 1.29 is 9.90 Å². The molecule has 1 saturated heterocycles. The maximum absolute atomic E-state index is 12.6. The van der Waals surface area contributed by atoms with Gasteiger partial charge in [-0.1, -0.05) is 0 Å². The van der Waals surface area contributed by atoms with Crippen LogP contribution in [0.1, 0.15) is 51.4 Å². The lowest BCUT2D eigenvalue weighted by Gasteiger charge is -2.57. The van der Waals surface area contributed by atoms with Crippen molar-refractivity contribution in [2.75, 3.05) is 19.7 Å². The van der Waals surface area contributed by atoms with Gasteiger partial charge in [0.1, 0.15) is 0 Å². The standard InChI is InChI=1S/C17H28N2O2/c20-11-12-1-3-19(4-2-12)16(21)18-17-8-13-5-14(9-17)7-15(6-13)10-17/h12-15,20H,1-11H2,(H,18,21). The molecule has 2 amide bonds. The number of hydrogen-bond donors (Lipinski definition) is 2. The van der Waals surface area contributed by atoms with Crippen molar-refractivity contribution in [2.24, 2.45) is 23.7 Å². The van der Waals surface area contributed by atoms with Crippen LogP contribution in [-0.4, -0.2) is 41.3 Å². The third kappa shape index (κ3) is 2.56. The Kier molecular flexibility index (Phi) is 3.40. The summed E-state index contributed by atoms with van der Waals surface area (Å²) in [6.45, 7) is 1.89. The molecule has 5 rings (SSSR count). The minimum Gasteiger partial charge on any atom is -0.396 e. The Balaban J connectivity index is 1.38. The van der Waals surface area contributed by atoms with E-state index in [2.05, 4.69) is 5.32 Å². The summed E-state index contributed by atoms with van der Waals surface area (Å²) in [4.78, 5) is 14.6. The van der Waals surface area contributed by atoms with Crippen LogP contribution in [0.2, 0.25) is 0 Å². The van der Waals surface area contributed by atoms with Gasteiger partial charge >= 0.3 is 6.03 Å². The first-order valence-electron chi connectivity index (χ1n) is 8.84. The lowest BCUT2D eigenvalue weighted by molar-refractivity contribution is -0.0163. The first-order valence-corrected chi connectivity index (χ1v) is 8.84. The average molecular weight is 292 g/mol. The van der Waals surface area contributed by atoms with E-state index in [1.165, 1.54) is 38.5 Å². The number of likely N-dealkylation sites (tertiary alicyclic amines) is 1. The SMILES string of the molecule is O=C(NC12CC3CC(CC(C3)C1)C2)N1CCC(CO)CC1. The number of piperidine rings is 1. The van der Waals surface area contributed by atoms with Crippen LogP contribution >= 0.6 is 0 Å². The van der Waals surface area contributed by atoms with Crippen molar-refractivity contribution >= 4 is 6.03 Å². The molecular weight excluding hydrogens is 264 g/mol. The van der Waals surface area contributed by atoms with Crippen LogP contribution in [0.5, 0.6) is 0 Å². The molecule has 5 aliphatic rings. The molecule has 4 aliphatic carbocycles. The predicted octanol–water partition coefficient (Wildman–Crippen LogP) is 2.37. The van der Waals surface area contributed by atoms with E-state index in [0.717, 1.165) is 43.7 Å². The van der Waals surface area contributed by atoms with E-state index in [9.17, 15) is 9.90 Å². The molecule has 0 unspecified atom stereocenters. The normalized spacial score (nSPS) is 42.3. The third-order valence-electron chi connectivity index (χ3n) is 6.57. The maximum Gasteiger partial charge on any atom is 0.317 e. The third-order valence-corrected chi connectivity index (χ3v) is 6.57. The zero-order valence-electron chi connectivity index (χ0n) is 12.9. The summed E-state index contributed by atoms with van der Waals surface area (Å²) in [5.41, 5.74) is 0.125. The number of aliphatic hydroxyl groups excluding tert-OH is 1. The van der Waals surface area contributed by atoms with Gasteiger partial charge in [-0.15, -0.1) is 0 Å². The van der Waals surface area contributed by atoms with Gasteiger partial charge < -0.3 is 15.3 Å². The zero-order valence-corrected chi connectivity index (χ0v) is 12.9. The summed E-state index contributed by atoms with van der Waals surface area (Å²) in [5.74, 6) is 3.01. The van der Waals surface area contributed by atoms with E-state index in [-0.39, 0.29) is 18.2 Å². The van der Waals surface area contributed by atoms with Gasteiger partial charge in [0.15, 0.2) is 0 Å². The van der Waals surface area contributed by atoms with Crippen molar-refractivity contribution in [3.63, 3.8) is 0 Å². The van der Waals surface area contributed by atoms with Gasteiger partial charge in [0.25, 0.3) is 0 Å². The maximum atomic E-state index is 12.6. The number of nitrogens with one attached hydrogen (secondary N) is 1. The van der Waals surface area contributed by atoms with Crippen LogP contribution in [0.15, 0.2) is 0 Å². The van der Waals surface area contributed by atoms with E-state index >= 15 is 0 Å². The summed E-state index contributed by atoms with van der Waals surface area (Å²) >= 11 is 0. The molecule has 21 heavy (non-hydrogen) atoms. The number of rotatable bonds is 2. The van der Waals surface area contributed by atoms with Crippen LogP contribution in [0, 0.1) is 23.7 Å². The van der Waals surface area contributed by atoms with Crippen molar-refractivity contribution in [3.05, 3.63) is 0 Å². The van der Waals surface area contributed by atoms with Crippen molar-refractivity contribution in [1.29, 1.82) is 0 Å². The molecule has 0 spiro atoms. The number of urea groups is 1. The number of hydrogen-bond acceptors (Lipinski definition) is 2. The minimum absolute atomic E-state index is 0.125. The second-order valence-electron chi connectivity index (χ2n) is 8.24. The van der Waals surface area contributed by atoms with Gasteiger partial charge in [-0.25, -0.2) is 4.79 Å². The molecular formula is C17H28N2O2. The molecule has 0 aromatic heterocycles. The molecule has 0 atom stereocenters. The molecule has 1 heterocycles. The largest absolute Gasteiger partial charge is 0.396 e. The Bertz CT molecular complexity index is 380. The van der Waals surface area contributed by atoms with Crippen LogP contribution in [0.25, 0.3) is 0 Å². The molecule has 118 valence electrons. The summed E-state index contributed by atoms with van der Waals surface area (Å²) in [5, 5.41) is 12.7. The lowest BCUT2D eigenvalue weighted by Crippen LogP contribution is -2.62. The van der Waals surface area contributed by atoms with Crippen LogP contribution < -0.4 is 5.32 Å². The van der Waals surface area contributed by atoms with Gasteiger partial charge in [-0.2, -0.15) is 0 Å². The van der Waals surface area contributed by atoms with E-state index in [4.69, 9.17) is 0 Å². The Morgan fingerprint density at radius 2 is 1.57 bits per heavy atom. The second-order valence-corrected chi connectivity index (χ2v) is 8.24. The average Bonchev–Trinajstić information content (AvgIpc) is 2.45. The fraction of sp³-hybridized carbons (Fsp3) is 0.941. The number of aliphatic hydroxyl groups is 1. The molecule has 0 aromatic rings. The van der Waals surface area contributed by atoms with Crippen LogP contribution in [-0.2, 0) is 0 Å². The van der Waals surface area contributed by atoms with Gasteiger partial charge in [0, 0.05) is 25.2 Å². The van der Waals surface area contributed by atoms with E-state index < -0.39 is 0 Å². The van der Waals surface area contributed by atoms with Gasteiger partial charge in [0.05, 0.1) is 0 Å². The Labute approximate surface area is 127 Å². The van der Waals surface area contributed by atoms with Crippen LogP contribution in [0.3, 0.4) is 0 Å². The molecule has 1 aliphatic heterocycles. The Morgan fingerprint density at radius 3 is 2.05 bits per heavy atom. The first-order chi connectivity index (χ1) is 10.2. The molecule has 5 fully saturated rings. The second kappa shape index (κ2) is 5.15. The number of carbonyl (C=O) groups excluding carboxylic acids is 1. The number of nitrogens with zero attached hydrogens (tertiary/aromatic N) is 1. The van der Waals surface area contributed by atoms with Crippen molar-refractivity contribution in [2.45, 2.75) is 56.9 Å². The molecule has 4 heteroatoms. The fourth-order valence-corrected chi connectivity index (χ4v) is 5.89. The quantitative estimate of drug-likeness (QED) is 0.821.